The summed E-state index contributed by atoms with van der Waals surface area (Å²) in [5.74, 6) is -0.139. The maximum Gasteiger partial charge on any atom is 0.410 e. The van der Waals surface area contributed by atoms with Gasteiger partial charge in [-0.1, -0.05) is 24.3 Å². The monoisotopic (exact) mass is 744 g/mol. The highest BCUT2D eigenvalue weighted by Gasteiger charge is 2.36. The normalized spacial score (nSPS) is 22.3. The number of hydrogen-bond donors (Lipinski definition) is 2. The average Bonchev–Trinajstić information content (AvgIpc) is 3.24. The fraction of sp³-hybridized carbons (Fsp3) is 0.545. The molecule has 6 rings (SSSR count). The van der Waals surface area contributed by atoms with E-state index < -0.39 is 12.2 Å². The smallest absolute Gasteiger partial charge is 0.410 e. The Morgan fingerprint density at radius 3 is 2.40 bits per heavy atom. The number of nitrogens with zero attached hydrogens (tertiary/aromatic N) is 4. The largest absolute Gasteiger partial charge is 0.436 e. The molecule has 1 unspecified atom stereocenters. The standard InChI is InChI=1S/C33H42Br2N6O4/c34-27-8-7-23(20-28(27)35)21-30(31(42)39-18-16-38(17-19-39)26-5-3-12-36-22-26)45-33(44)40-13-10-25(11-14-40)41-15-9-24-4-1-2-6-29(24)37-32(41)43/h1-2,4,6-8,20,25-26,30,36H,3,5,9-19,21-22H2,(H,37,43)/t26?,30-/m1/s1. The van der Waals surface area contributed by atoms with Crippen molar-refractivity contribution in [3.63, 3.8) is 0 Å². The first-order valence-corrected chi connectivity index (χ1v) is 17.7. The number of urea groups is 1. The number of benzene rings is 2. The van der Waals surface area contributed by atoms with Gasteiger partial charge in [0.1, 0.15) is 0 Å². The number of hydrogen-bond acceptors (Lipinski definition) is 6. The van der Waals surface area contributed by atoms with Crippen LogP contribution in [0.5, 0.6) is 0 Å². The molecule has 3 saturated heterocycles. The molecule has 12 heteroatoms. The minimum Gasteiger partial charge on any atom is -0.436 e. The van der Waals surface area contributed by atoms with Crippen molar-refractivity contribution in [2.75, 3.05) is 64.2 Å². The van der Waals surface area contributed by atoms with Crippen molar-refractivity contribution >= 4 is 55.6 Å². The Bertz CT molecular complexity index is 1370. The van der Waals surface area contributed by atoms with E-state index in [4.69, 9.17) is 4.74 Å². The van der Waals surface area contributed by atoms with Crippen molar-refractivity contribution in [1.29, 1.82) is 0 Å². The van der Waals surface area contributed by atoms with Gasteiger partial charge in [0.05, 0.1) is 0 Å². The van der Waals surface area contributed by atoms with E-state index in [1.807, 2.05) is 46.2 Å². The molecule has 45 heavy (non-hydrogen) atoms. The third-order valence-corrected chi connectivity index (χ3v) is 11.5. The minimum atomic E-state index is -0.916. The Morgan fingerprint density at radius 1 is 0.889 bits per heavy atom. The summed E-state index contributed by atoms with van der Waals surface area (Å²) in [4.78, 5) is 48.4. The Labute approximate surface area is 282 Å². The Morgan fingerprint density at radius 2 is 1.67 bits per heavy atom. The van der Waals surface area contributed by atoms with Crippen LogP contribution in [0.4, 0.5) is 15.3 Å². The van der Waals surface area contributed by atoms with Gasteiger partial charge in [-0.15, -0.1) is 0 Å². The zero-order valence-corrected chi connectivity index (χ0v) is 28.7. The summed E-state index contributed by atoms with van der Waals surface area (Å²) in [5.41, 5.74) is 2.91. The molecule has 2 aromatic carbocycles. The molecule has 0 aromatic heterocycles. The molecule has 10 nitrogen and oxygen atoms in total. The lowest BCUT2D eigenvalue weighted by Gasteiger charge is -2.41. The summed E-state index contributed by atoms with van der Waals surface area (Å²) in [5, 5.41) is 6.54. The van der Waals surface area contributed by atoms with Crippen molar-refractivity contribution in [3.05, 3.63) is 62.5 Å². The van der Waals surface area contributed by atoms with E-state index in [0.29, 0.717) is 58.0 Å². The number of likely N-dealkylation sites (tertiary alicyclic amines) is 1. The molecular formula is C33H42Br2N6O4. The maximum atomic E-state index is 13.9. The van der Waals surface area contributed by atoms with Gasteiger partial charge in [-0.25, -0.2) is 9.59 Å². The van der Waals surface area contributed by atoms with Gasteiger partial charge in [-0.2, -0.15) is 0 Å². The molecule has 0 spiro atoms. The summed E-state index contributed by atoms with van der Waals surface area (Å²) in [6.07, 6.45) is 3.40. The number of amides is 4. The first-order valence-electron chi connectivity index (χ1n) is 16.1. The van der Waals surface area contributed by atoms with Crippen LogP contribution in [0.1, 0.15) is 36.8 Å². The summed E-state index contributed by atoms with van der Waals surface area (Å²) in [6.45, 7) is 6.56. The summed E-state index contributed by atoms with van der Waals surface area (Å²) >= 11 is 7.08. The predicted octanol–water partition coefficient (Wildman–Crippen LogP) is 4.71. The number of para-hydroxylation sites is 1. The van der Waals surface area contributed by atoms with E-state index in [1.165, 1.54) is 12.8 Å². The predicted molar refractivity (Wildman–Crippen MR) is 180 cm³/mol. The van der Waals surface area contributed by atoms with Crippen molar-refractivity contribution < 1.29 is 19.1 Å². The minimum absolute atomic E-state index is 0.0385. The second-order valence-electron chi connectivity index (χ2n) is 12.4. The third-order valence-electron chi connectivity index (χ3n) is 9.64. The van der Waals surface area contributed by atoms with Crippen LogP contribution in [-0.4, -0.2) is 115 Å². The van der Waals surface area contributed by atoms with E-state index in [-0.39, 0.29) is 18.0 Å². The number of carbonyl (C=O) groups excluding carboxylic acids is 3. The molecule has 4 aliphatic heterocycles. The lowest BCUT2D eigenvalue weighted by molar-refractivity contribution is -0.143. The summed E-state index contributed by atoms with van der Waals surface area (Å²) in [7, 11) is 0. The average molecular weight is 747 g/mol. The number of nitrogens with one attached hydrogen (secondary N) is 2. The van der Waals surface area contributed by atoms with Crippen LogP contribution in [0, 0.1) is 0 Å². The van der Waals surface area contributed by atoms with Crippen molar-refractivity contribution in [1.82, 2.24) is 24.9 Å². The zero-order chi connectivity index (χ0) is 31.3. The van der Waals surface area contributed by atoms with Crippen molar-refractivity contribution in [3.8, 4) is 0 Å². The number of rotatable bonds is 6. The molecule has 4 amide bonds. The van der Waals surface area contributed by atoms with E-state index in [9.17, 15) is 14.4 Å². The topological polar surface area (TPSA) is 97.5 Å². The first-order chi connectivity index (χ1) is 21.9. The number of ether oxygens (including phenoxy) is 1. The van der Waals surface area contributed by atoms with Gasteiger partial charge in [-0.05, 0) is 99.8 Å². The zero-order valence-electron chi connectivity index (χ0n) is 25.6. The molecular weight excluding hydrogens is 704 g/mol. The highest BCUT2D eigenvalue weighted by molar-refractivity contribution is 9.13. The van der Waals surface area contributed by atoms with E-state index in [2.05, 4.69) is 53.5 Å². The fourth-order valence-electron chi connectivity index (χ4n) is 7.01. The van der Waals surface area contributed by atoms with Crippen molar-refractivity contribution in [2.45, 2.75) is 56.7 Å². The number of fused-ring (bicyclic) bond motifs is 1. The van der Waals surface area contributed by atoms with Gasteiger partial charge < -0.3 is 30.1 Å². The van der Waals surface area contributed by atoms with Crippen LogP contribution in [0.3, 0.4) is 0 Å². The van der Waals surface area contributed by atoms with E-state index in [1.54, 1.807) is 4.90 Å². The number of piperazine rings is 1. The van der Waals surface area contributed by atoms with Gasteiger partial charge in [0.2, 0.25) is 0 Å². The number of halogens is 2. The fourth-order valence-corrected chi connectivity index (χ4v) is 7.68. The molecule has 0 aliphatic carbocycles. The number of anilines is 1. The highest BCUT2D eigenvalue weighted by atomic mass is 79.9. The van der Waals surface area contributed by atoms with Crippen LogP contribution in [0.15, 0.2) is 51.4 Å². The molecule has 2 atom stereocenters. The van der Waals surface area contributed by atoms with E-state index in [0.717, 1.165) is 58.4 Å². The maximum absolute atomic E-state index is 13.9. The second-order valence-corrected chi connectivity index (χ2v) is 14.1. The molecule has 0 saturated carbocycles. The third kappa shape index (κ3) is 7.84. The molecule has 242 valence electrons. The molecule has 2 aromatic rings. The Balaban J connectivity index is 1.07. The van der Waals surface area contributed by atoms with Crippen LogP contribution < -0.4 is 10.6 Å². The number of carbonyl (C=O) groups is 3. The van der Waals surface area contributed by atoms with Gasteiger partial charge in [0.25, 0.3) is 5.91 Å². The molecule has 0 radical (unpaired) electrons. The lowest BCUT2D eigenvalue weighted by atomic mass is 10.0. The first kappa shape index (κ1) is 32.3. The van der Waals surface area contributed by atoms with Crippen LogP contribution in [-0.2, 0) is 22.4 Å². The summed E-state index contributed by atoms with van der Waals surface area (Å²) in [6, 6.07) is 14.2. The SMILES string of the molecule is O=C(O[C@H](Cc1ccc(Br)c(Br)c1)C(=O)N1CCN(C2CCCNC2)CC1)N1CCC(N2CCc3ccccc3NC2=O)CC1. The van der Waals surface area contributed by atoms with Gasteiger partial charge in [0.15, 0.2) is 6.10 Å². The van der Waals surface area contributed by atoms with Gasteiger partial charge in [-0.3, -0.25) is 9.69 Å². The highest BCUT2D eigenvalue weighted by Crippen LogP contribution is 2.27. The lowest BCUT2D eigenvalue weighted by Crippen LogP contribution is -2.57. The van der Waals surface area contributed by atoms with Gasteiger partial charge in [0, 0.05) is 85.5 Å². The quantitative estimate of drug-likeness (QED) is 0.445. The van der Waals surface area contributed by atoms with E-state index >= 15 is 0 Å². The number of piperidine rings is 2. The van der Waals surface area contributed by atoms with Crippen LogP contribution in [0.25, 0.3) is 0 Å². The molecule has 2 N–H and O–H groups in total. The molecule has 0 bridgehead atoms. The second kappa shape index (κ2) is 14.8. The Kier molecular flexibility index (Phi) is 10.6. The summed E-state index contributed by atoms with van der Waals surface area (Å²) < 4.78 is 7.84. The Hall–Kier alpha value is -2.67. The van der Waals surface area contributed by atoms with Crippen molar-refractivity contribution in [2.24, 2.45) is 0 Å². The molecule has 3 fully saturated rings. The molecule has 4 heterocycles. The van der Waals surface area contributed by atoms with Crippen LogP contribution >= 0.6 is 31.9 Å². The van der Waals surface area contributed by atoms with Gasteiger partial charge >= 0.3 is 12.1 Å². The molecule has 4 aliphatic rings. The van der Waals surface area contributed by atoms with Crippen LogP contribution in [0.2, 0.25) is 0 Å².